The van der Waals surface area contributed by atoms with Crippen LogP contribution in [0.25, 0.3) is 11.1 Å². The van der Waals surface area contributed by atoms with E-state index in [2.05, 4.69) is 9.97 Å². The third kappa shape index (κ3) is 5.90. The fraction of sp³-hybridized carbons (Fsp3) is 0.519. The molecule has 3 aromatic rings. The average Bonchev–Trinajstić information content (AvgIpc) is 3.44. The van der Waals surface area contributed by atoms with Crippen LogP contribution >= 0.6 is 0 Å². The molecule has 1 amide bonds. The summed E-state index contributed by atoms with van der Waals surface area (Å²) < 4.78 is 57.7. The van der Waals surface area contributed by atoms with Crippen LogP contribution in [0.1, 0.15) is 57.0 Å². The first-order valence-corrected chi connectivity index (χ1v) is 12.8. The first-order valence-electron chi connectivity index (χ1n) is 12.8. The fourth-order valence-corrected chi connectivity index (χ4v) is 5.31. The van der Waals surface area contributed by atoms with Gasteiger partial charge in [-0.25, -0.2) is 9.59 Å². The number of halogens is 3. The van der Waals surface area contributed by atoms with Crippen LogP contribution in [-0.2, 0) is 11.2 Å². The third-order valence-corrected chi connectivity index (χ3v) is 6.92. The second-order valence-corrected chi connectivity index (χ2v) is 11.1. The molecule has 1 fully saturated rings. The molecule has 5 rings (SSSR count). The van der Waals surface area contributed by atoms with Crippen LogP contribution < -0.4 is 10.5 Å². The predicted molar refractivity (Wildman–Crippen MR) is 136 cm³/mol. The van der Waals surface area contributed by atoms with Gasteiger partial charge in [-0.3, -0.25) is 14.9 Å². The number of carbonyl (C=O) groups excluding carboxylic acids is 1. The summed E-state index contributed by atoms with van der Waals surface area (Å²) in [6.45, 7) is 6.88. The molecule has 0 radical (unpaired) electrons. The van der Waals surface area contributed by atoms with Crippen molar-refractivity contribution < 1.29 is 31.9 Å². The van der Waals surface area contributed by atoms with Gasteiger partial charge < -0.3 is 18.8 Å². The van der Waals surface area contributed by atoms with Crippen molar-refractivity contribution in [1.29, 1.82) is 0 Å². The predicted octanol–water partition coefficient (Wildman–Crippen LogP) is 4.80. The molecule has 2 aliphatic rings. The molecule has 210 valence electrons. The van der Waals surface area contributed by atoms with Crippen LogP contribution in [0.15, 0.2) is 39.7 Å². The number of likely N-dealkylation sites (tertiary alicyclic amines) is 1. The van der Waals surface area contributed by atoms with Gasteiger partial charge in [0.1, 0.15) is 17.5 Å². The molecule has 9 nitrogen and oxygen atoms in total. The normalized spacial score (nSPS) is 22.2. The zero-order valence-corrected chi connectivity index (χ0v) is 22.2. The Balaban J connectivity index is 1.39. The summed E-state index contributed by atoms with van der Waals surface area (Å²) in [5.74, 6) is -0.162. The molecular formula is C27H31F3N4O5. The second-order valence-electron chi connectivity index (χ2n) is 11.1. The Morgan fingerprint density at radius 2 is 1.97 bits per heavy atom. The van der Waals surface area contributed by atoms with E-state index in [1.165, 1.54) is 11.1 Å². The minimum absolute atomic E-state index is 0.257. The number of H-pyrrole nitrogens is 1. The van der Waals surface area contributed by atoms with Crippen LogP contribution in [0.2, 0.25) is 0 Å². The number of nitrogens with zero attached hydrogens (tertiary/aromatic N) is 3. The maximum absolute atomic E-state index is 13.6. The van der Waals surface area contributed by atoms with Crippen molar-refractivity contribution in [1.82, 2.24) is 19.8 Å². The van der Waals surface area contributed by atoms with Crippen molar-refractivity contribution in [3.8, 4) is 5.75 Å². The summed E-state index contributed by atoms with van der Waals surface area (Å²) in [6.07, 6.45) is -2.68. The highest BCUT2D eigenvalue weighted by Crippen LogP contribution is 2.41. The van der Waals surface area contributed by atoms with E-state index in [0.717, 1.165) is 0 Å². The van der Waals surface area contributed by atoms with Crippen molar-refractivity contribution in [3.05, 3.63) is 57.8 Å². The van der Waals surface area contributed by atoms with Gasteiger partial charge in [0.05, 0.1) is 36.5 Å². The average molecular weight is 549 g/mol. The highest BCUT2D eigenvalue weighted by Gasteiger charge is 2.42. The number of fused-ring (bicyclic) bond motifs is 3. The molecule has 2 aliphatic heterocycles. The van der Waals surface area contributed by atoms with E-state index in [4.69, 9.17) is 13.9 Å². The van der Waals surface area contributed by atoms with Gasteiger partial charge in [0.15, 0.2) is 5.58 Å². The lowest BCUT2D eigenvalue weighted by atomic mass is 9.86. The maximum atomic E-state index is 13.6. The second kappa shape index (κ2) is 9.89. The lowest BCUT2D eigenvalue weighted by molar-refractivity contribution is -0.155. The lowest BCUT2D eigenvalue weighted by Gasteiger charge is -2.41. The summed E-state index contributed by atoms with van der Waals surface area (Å²) in [7, 11) is 0. The number of alkyl halides is 3. The number of aromatic nitrogens is 2. The molecule has 0 aliphatic carbocycles. The van der Waals surface area contributed by atoms with Crippen LogP contribution in [0, 0.1) is 0 Å². The van der Waals surface area contributed by atoms with Crippen molar-refractivity contribution in [2.24, 2.45) is 0 Å². The number of benzene rings is 1. The molecule has 1 N–H and O–H groups in total. The van der Waals surface area contributed by atoms with Crippen molar-refractivity contribution in [3.63, 3.8) is 0 Å². The Morgan fingerprint density at radius 1 is 1.21 bits per heavy atom. The molecule has 12 heteroatoms. The Hall–Kier alpha value is -3.54. The first kappa shape index (κ1) is 27.0. The highest BCUT2D eigenvalue weighted by atomic mass is 19.4. The molecule has 3 atom stereocenters. The van der Waals surface area contributed by atoms with Crippen LogP contribution in [0.4, 0.5) is 18.0 Å². The van der Waals surface area contributed by atoms with E-state index in [-0.39, 0.29) is 12.5 Å². The fourth-order valence-electron chi connectivity index (χ4n) is 5.31. The van der Waals surface area contributed by atoms with E-state index in [0.29, 0.717) is 53.2 Å². The number of nitrogens with one attached hydrogen (secondary N) is 1. The standard InChI is InChI=1S/C27H31F3N4O5/c1-15-11-19-18(6-8-21-23(19)38-24(35)32-21)22(34(15)14-27(28,29)30)20-7-5-16(12-31-20)37-17-9-10-33(13-17)25(36)39-26(2,3)4/h5-8,12,15,17,22H,9-11,13-14H2,1-4H3,(H,32,35)/t15-,17+,22+/m1/s1. The maximum Gasteiger partial charge on any atom is 0.417 e. The van der Waals surface area contributed by atoms with Gasteiger partial charge >= 0.3 is 18.0 Å². The Kier molecular flexibility index (Phi) is 6.86. The summed E-state index contributed by atoms with van der Waals surface area (Å²) in [5.41, 5.74) is 1.98. The number of oxazole rings is 1. The van der Waals surface area contributed by atoms with Gasteiger partial charge in [0, 0.05) is 24.6 Å². The molecule has 0 bridgehead atoms. The van der Waals surface area contributed by atoms with E-state index >= 15 is 0 Å². The monoisotopic (exact) mass is 548 g/mol. The van der Waals surface area contributed by atoms with E-state index in [1.54, 1.807) is 56.9 Å². The number of carbonyl (C=O) groups is 1. The largest absolute Gasteiger partial charge is 0.487 e. The minimum atomic E-state index is -4.42. The molecule has 2 aromatic heterocycles. The van der Waals surface area contributed by atoms with Crippen molar-refractivity contribution in [2.75, 3.05) is 19.6 Å². The number of rotatable bonds is 4. The number of ether oxygens (including phenoxy) is 2. The Morgan fingerprint density at radius 3 is 2.64 bits per heavy atom. The number of hydrogen-bond acceptors (Lipinski definition) is 7. The number of pyridine rings is 1. The molecule has 0 saturated carbocycles. The smallest absolute Gasteiger partial charge is 0.417 e. The molecule has 39 heavy (non-hydrogen) atoms. The Labute approximate surface area is 222 Å². The number of aromatic amines is 1. The third-order valence-electron chi connectivity index (χ3n) is 6.92. The molecule has 0 unspecified atom stereocenters. The lowest BCUT2D eigenvalue weighted by Crippen LogP contribution is -2.47. The number of hydrogen-bond donors (Lipinski definition) is 1. The summed E-state index contributed by atoms with van der Waals surface area (Å²) in [5, 5.41) is 0. The quantitative estimate of drug-likeness (QED) is 0.500. The zero-order valence-electron chi connectivity index (χ0n) is 22.2. The van der Waals surface area contributed by atoms with E-state index in [9.17, 15) is 22.8 Å². The molecule has 1 aromatic carbocycles. The number of amides is 1. The van der Waals surface area contributed by atoms with Gasteiger partial charge in [-0.05, 0) is 57.9 Å². The van der Waals surface area contributed by atoms with Gasteiger partial charge in [0.2, 0.25) is 0 Å². The minimum Gasteiger partial charge on any atom is -0.487 e. The van der Waals surface area contributed by atoms with Crippen molar-refractivity contribution in [2.45, 2.75) is 70.5 Å². The van der Waals surface area contributed by atoms with Gasteiger partial charge in [-0.2, -0.15) is 13.2 Å². The summed E-state index contributed by atoms with van der Waals surface area (Å²) in [4.78, 5) is 34.2. The van der Waals surface area contributed by atoms with Gasteiger partial charge in [0.25, 0.3) is 0 Å². The van der Waals surface area contributed by atoms with Crippen molar-refractivity contribution >= 4 is 17.2 Å². The van der Waals surface area contributed by atoms with Crippen LogP contribution in [-0.4, -0.2) is 69.4 Å². The summed E-state index contributed by atoms with van der Waals surface area (Å²) in [6, 6.07) is 5.39. The van der Waals surface area contributed by atoms with Crippen LogP contribution in [0.3, 0.4) is 0 Å². The highest BCUT2D eigenvalue weighted by molar-refractivity contribution is 5.78. The zero-order chi connectivity index (χ0) is 28.1. The van der Waals surface area contributed by atoms with E-state index < -0.39 is 42.3 Å². The molecular weight excluding hydrogens is 517 g/mol. The van der Waals surface area contributed by atoms with Gasteiger partial charge in [-0.15, -0.1) is 0 Å². The topological polar surface area (TPSA) is 101 Å². The van der Waals surface area contributed by atoms with E-state index in [1.807, 2.05) is 0 Å². The molecule has 1 saturated heterocycles. The SMILES string of the molecule is C[C@@H]1Cc2c(ccc3[nH]c(=O)oc23)[C@@H](c2ccc(O[C@H]3CCN(C(=O)OC(C)(C)C)C3)cn2)N1CC(F)(F)F. The van der Waals surface area contributed by atoms with Gasteiger partial charge in [-0.1, -0.05) is 6.07 Å². The summed E-state index contributed by atoms with van der Waals surface area (Å²) >= 11 is 0. The van der Waals surface area contributed by atoms with Crippen LogP contribution in [0.5, 0.6) is 5.75 Å². The molecule has 4 heterocycles. The Bertz CT molecular complexity index is 1410. The first-order chi connectivity index (χ1) is 18.3. The molecule has 0 spiro atoms.